The number of hydrogen-bond donors (Lipinski definition) is 2. The van der Waals surface area contributed by atoms with Gasteiger partial charge in [-0.2, -0.15) is 0 Å². The number of aromatic hydroxyl groups is 1. The average molecular weight is 357 g/mol. The molecule has 0 aromatic heterocycles. The van der Waals surface area contributed by atoms with Crippen LogP contribution in [0.1, 0.15) is 43.0 Å². The number of carbonyl (C=O) groups excluding carboxylic acids is 2. The van der Waals surface area contributed by atoms with Crippen molar-refractivity contribution in [2.75, 3.05) is 31.6 Å². The number of anilines is 1. The highest BCUT2D eigenvalue weighted by Crippen LogP contribution is 2.23. The molecule has 0 bridgehead atoms. The van der Waals surface area contributed by atoms with Crippen molar-refractivity contribution < 1.29 is 19.4 Å². The van der Waals surface area contributed by atoms with E-state index in [0.29, 0.717) is 12.1 Å². The molecule has 1 fully saturated rings. The van der Waals surface area contributed by atoms with Gasteiger partial charge >= 0.3 is 5.97 Å². The number of phenols is 1. The van der Waals surface area contributed by atoms with Gasteiger partial charge in [-0.3, -0.25) is 4.79 Å². The van der Waals surface area contributed by atoms with Gasteiger partial charge < -0.3 is 20.1 Å². The van der Waals surface area contributed by atoms with Crippen molar-refractivity contribution in [1.82, 2.24) is 4.90 Å². The summed E-state index contributed by atoms with van der Waals surface area (Å²) in [4.78, 5) is 25.9. The van der Waals surface area contributed by atoms with E-state index in [9.17, 15) is 14.7 Å². The Labute approximate surface area is 148 Å². The molecule has 1 aromatic carbocycles. The van der Waals surface area contributed by atoms with E-state index in [-0.39, 0.29) is 36.2 Å². The lowest BCUT2D eigenvalue weighted by molar-refractivity contribution is -0.116. The zero-order valence-corrected chi connectivity index (χ0v) is 14.7. The number of benzene rings is 1. The van der Waals surface area contributed by atoms with Crippen LogP contribution < -0.4 is 5.32 Å². The second-order valence-electron chi connectivity index (χ2n) is 5.65. The molecular formula is C17H25ClN2O4. The SMILES string of the molecule is CCOC(=O)c1ccc(NC(=O)CCN2CCCCC2)cc1O.Cl. The first-order valence-electron chi connectivity index (χ1n) is 8.12. The Kier molecular flexibility index (Phi) is 8.57. The van der Waals surface area contributed by atoms with Crippen molar-refractivity contribution in [2.24, 2.45) is 0 Å². The van der Waals surface area contributed by atoms with Gasteiger partial charge in [-0.25, -0.2) is 4.79 Å². The topological polar surface area (TPSA) is 78.9 Å². The van der Waals surface area contributed by atoms with Crippen molar-refractivity contribution in [1.29, 1.82) is 0 Å². The zero-order valence-electron chi connectivity index (χ0n) is 13.9. The fourth-order valence-electron chi connectivity index (χ4n) is 2.66. The molecule has 1 saturated heterocycles. The molecule has 7 heteroatoms. The number of ether oxygens (including phenoxy) is 1. The summed E-state index contributed by atoms with van der Waals surface area (Å²) in [6, 6.07) is 4.41. The summed E-state index contributed by atoms with van der Waals surface area (Å²) >= 11 is 0. The van der Waals surface area contributed by atoms with E-state index < -0.39 is 5.97 Å². The molecule has 24 heavy (non-hydrogen) atoms. The van der Waals surface area contributed by atoms with Gasteiger partial charge in [-0.15, -0.1) is 12.4 Å². The Morgan fingerprint density at radius 3 is 2.58 bits per heavy atom. The lowest BCUT2D eigenvalue weighted by Gasteiger charge is -2.25. The van der Waals surface area contributed by atoms with Crippen molar-refractivity contribution >= 4 is 30.0 Å². The van der Waals surface area contributed by atoms with Gasteiger partial charge in [-0.1, -0.05) is 6.42 Å². The van der Waals surface area contributed by atoms with Crippen molar-refractivity contribution in [2.45, 2.75) is 32.6 Å². The average Bonchev–Trinajstić information content (AvgIpc) is 2.54. The molecule has 0 unspecified atom stereocenters. The minimum atomic E-state index is -0.576. The highest BCUT2D eigenvalue weighted by molar-refractivity contribution is 5.95. The molecule has 134 valence electrons. The number of piperidine rings is 1. The number of phenolic OH excluding ortho intramolecular Hbond substituents is 1. The molecule has 6 nitrogen and oxygen atoms in total. The van der Waals surface area contributed by atoms with Crippen LogP contribution in [0, 0.1) is 0 Å². The van der Waals surface area contributed by atoms with Crippen LogP contribution in [0.15, 0.2) is 18.2 Å². The van der Waals surface area contributed by atoms with E-state index in [4.69, 9.17) is 4.74 Å². The molecule has 1 amide bonds. The van der Waals surface area contributed by atoms with Gasteiger partial charge in [0.15, 0.2) is 0 Å². The Bertz CT molecular complexity index is 560. The molecule has 1 aliphatic rings. The van der Waals surface area contributed by atoms with Gasteiger partial charge in [0.2, 0.25) is 5.91 Å². The van der Waals surface area contributed by atoms with Crippen LogP contribution in [-0.4, -0.2) is 48.1 Å². The Morgan fingerprint density at radius 1 is 1.25 bits per heavy atom. The number of nitrogens with zero attached hydrogens (tertiary/aromatic N) is 1. The number of nitrogens with one attached hydrogen (secondary N) is 1. The molecule has 2 N–H and O–H groups in total. The Hall–Kier alpha value is -1.79. The number of likely N-dealkylation sites (tertiary alicyclic amines) is 1. The molecule has 1 aliphatic heterocycles. The van der Waals surface area contributed by atoms with Crippen LogP contribution in [0.5, 0.6) is 5.75 Å². The summed E-state index contributed by atoms with van der Waals surface area (Å²) in [5, 5.41) is 12.6. The molecule has 0 atom stereocenters. The van der Waals surface area contributed by atoms with Gasteiger partial charge in [0.1, 0.15) is 11.3 Å². The van der Waals surface area contributed by atoms with Gasteiger partial charge in [0.05, 0.1) is 6.61 Å². The second-order valence-corrected chi connectivity index (χ2v) is 5.65. The number of carbonyl (C=O) groups is 2. The standard InChI is InChI=1S/C17H24N2O4.ClH/c1-2-23-17(22)14-7-6-13(12-15(14)20)18-16(21)8-11-19-9-4-3-5-10-19;/h6-7,12,20H,2-5,8-11H2,1H3,(H,18,21);1H. The zero-order chi connectivity index (χ0) is 16.7. The van der Waals surface area contributed by atoms with Crippen molar-refractivity contribution in [3.63, 3.8) is 0 Å². The third-order valence-corrected chi connectivity index (χ3v) is 3.88. The fraction of sp³-hybridized carbons (Fsp3) is 0.529. The van der Waals surface area contributed by atoms with E-state index in [1.54, 1.807) is 13.0 Å². The Balaban J connectivity index is 0.00000288. The van der Waals surface area contributed by atoms with Crippen LogP contribution in [0.3, 0.4) is 0 Å². The summed E-state index contributed by atoms with van der Waals surface area (Å²) in [6.45, 7) is 4.81. The summed E-state index contributed by atoms with van der Waals surface area (Å²) in [5.41, 5.74) is 0.567. The monoisotopic (exact) mass is 356 g/mol. The van der Waals surface area contributed by atoms with Gasteiger partial charge in [0.25, 0.3) is 0 Å². The fourth-order valence-corrected chi connectivity index (χ4v) is 2.66. The number of halogens is 1. The van der Waals surface area contributed by atoms with E-state index in [0.717, 1.165) is 19.6 Å². The smallest absolute Gasteiger partial charge is 0.341 e. The third-order valence-electron chi connectivity index (χ3n) is 3.88. The molecule has 0 spiro atoms. The minimum absolute atomic E-state index is 0. The summed E-state index contributed by atoms with van der Waals surface area (Å²) in [7, 11) is 0. The first-order chi connectivity index (χ1) is 11.1. The van der Waals surface area contributed by atoms with Gasteiger partial charge in [0, 0.05) is 24.7 Å². The molecule has 0 radical (unpaired) electrons. The maximum Gasteiger partial charge on any atom is 0.341 e. The van der Waals surface area contributed by atoms with E-state index in [1.807, 2.05) is 0 Å². The summed E-state index contributed by atoms with van der Waals surface area (Å²) in [6.07, 6.45) is 4.09. The molecule has 2 rings (SSSR count). The maximum atomic E-state index is 12.0. The van der Waals surface area contributed by atoms with E-state index >= 15 is 0 Å². The molecular weight excluding hydrogens is 332 g/mol. The Morgan fingerprint density at radius 2 is 1.96 bits per heavy atom. The molecule has 0 saturated carbocycles. The van der Waals surface area contributed by atoms with Crippen LogP contribution in [-0.2, 0) is 9.53 Å². The first-order valence-corrected chi connectivity index (χ1v) is 8.12. The highest BCUT2D eigenvalue weighted by Gasteiger charge is 2.14. The van der Waals surface area contributed by atoms with Crippen LogP contribution in [0.25, 0.3) is 0 Å². The normalized spacial score (nSPS) is 14.5. The van der Waals surface area contributed by atoms with Crippen LogP contribution in [0.2, 0.25) is 0 Å². The number of amides is 1. The third kappa shape index (κ3) is 6.02. The number of rotatable bonds is 6. The summed E-state index contributed by atoms with van der Waals surface area (Å²) < 4.78 is 4.84. The lowest BCUT2D eigenvalue weighted by Crippen LogP contribution is -2.32. The molecule has 1 heterocycles. The minimum Gasteiger partial charge on any atom is -0.507 e. The summed E-state index contributed by atoms with van der Waals surface area (Å²) in [5.74, 6) is -0.871. The second kappa shape index (κ2) is 10.2. The largest absolute Gasteiger partial charge is 0.507 e. The lowest BCUT2D eigenvalue weighted by atomic mass is 10.1. The quantitative estimate of drug-likeness (QED) is 0.766. The van der Waals surface area contributed by atoms with E-state index in [2.05, 4.69) is 10.2 Å². The molecule has 1 aromatic rings. The first kappa shape index (κ1) is 20.3. The highest BCUT2D eigenvalue weighted by atomic mass is 35.5. The van der Waals surface area contributed by atoms with Crippen molar-refractivity contribution in [3.05, 3.63) is 23.8 Å². The number of hydrogen-bond acceptors (Lipinski definition) is 5. The predicted octanol–water partition coefficient (Wildman–Crippen LogP) is 2.81. The van der Waals surface area contributed by atoms with Crippen LogP contribution >= 0.6 is 12.4 Å². The van der Waals surface area contributed by atoms with E-state index in [1.165, 1.54) is 31.4 Å². The number of esters is 1. The van der Waals surface area contributed by atoms with Gasteiger partial charge in [-0.05, 0) is 45.0 Å². The molecule has 0 aliphatic carbocycles. The predicted molar refractivity (Wildman–Crippen MR) is 94.8 cm³/mol. The van der Waals surface area contributed by atoms with Crippen molar-refractivity contribution in [3.8, 4) is 5.75 Å². The van der Waals surface area contributed by atoms with Crippen LogP contribution in [0.4, 0.5) is 5.69 Å². The maximum absolute atomic E-state index is 12.0.